The van der Waals surface area contributed by atoms with Crippen molar-refractivity contribution in [1.29, 1.82) is 0 Å². The highest BCUT2D eigenvalue weighted by Crippen LogP contribution is 2.33. The third-order valence-corrected chi connectivity index (χ3v) is 6.01. The number of hydrogen-bond acceptors (Lipinski definition) is 5. The van der Waals surface area contributed by atoms with Gasteiger partial charge in [0.1, 0.15) is 18.5 Å². The number of benzene rings is 3. The summed E-state index contributed by atoms with van der Waals surface area (Å²) >= 11 is 0. The van der Waals surface area contributed by atoms with Crippen LogP contribution in [0.2, 0.25) is 0 Å². The summed E-state index contributed by atoms with van der Waals surface area (Å²) in [6.07, 6.45) is 0.606. The molecule has 3 aromatic carbocycles. The van der Waals surface area contributed by atoms with Gasteiger partial charge in [-0.25, -0.2) is 0 Å². The zero-order valence-corrected chi connectivity index (χ0v) is 18.2. The van der Waals surface area contributed by atoms with Gasteiger partial charge < -0.3 is 19.8 Å². The Labute approximate surface area is 184 Å². The number of ether oxygens (including phenoxy) is 1. The summed E-state index contributed by atoms with van der Waals surface area (Å²) in [5.41, 5.74) is 3.05. The highest BCUT2D eigenvalue weighted by atomic mass is 16.5. The Kier molecular flexibility index (Phi) is 7.20. The first-order valence-electron chi connectivity index (χ1n) is 11.1. The summed E-state index contributed by atoms with van der Waals surface area (Å²) in [5.74, 6) is 0.759. The first-order chi connectivity index (χ1) is 15.1. The molecule has 0 aromatic heterocycles. The van der Waals surface area contributed by atoms with Crippen LogP contribution in [-0.4, -0.2) is 72.5 Å². The summed E-state index contributed by atoms with van der Waals surface area (Å²) in [6.45, 7) is 5.10. The molecule has 4 rings (SSSR count). The molecule has 0 amide bonds. The fourth-order valence-electron chi connectivity index (χ4n) is 4.22. The number of aliphatic hydroxyl groups is 2. The molecule has 1 fully saturated rings. The van der Waals surface area contributed by atoms with Gasteiger partial charge >= 0.3 is 0 Å². The number of β-amino-alcohol motifs (C(OH)–C–C–N with tert-alkyl or cyclic N) is 1. The van der Waals surface area contributed by atoms with Crippen molar-refractivity contribution in [3.05, 3.63) is 66.2 Å². The Balaban J connectivity index is 1.48. The Bertz CT molecular complexity index is 990. The predicted octanol–water partition coefficient (Wildman–Crippen LogP) is 3.38. The SMILES string of the molecule is CN1CCCN(CC(O)COc2cc(-c3ccc(CO)cc3)c3ccccc3c2)CC1. The van der Waals surface area contributed by atoms with Gasteiger partial charge in [0.25, 0.3) is 0 Å². The Morgan fingerprint density at radius 3 is 2.58 bits per heavy atom. The van der Waals surface area contributed by atoms with Crippen LogP contribution >= 0.6 is 0 Å². The van der Waals surface area contributed by atoms with E-state index in [0.29, 0.717) is 6.54 Å². The van der Waals surface area contributed by atoms with Crippen LogP contribution in [0.25, 0.3) is 21.9 Å². The smallest absolute Gasteiger partial charge is 0.120 e. The number of rotatable bonds is 7. The summed E-state index contributed by atoms with van der Waals surface area (Å²) in [6, 6.07) is 20.3. The zero-order chi connectivity index (χ0) is 21.6. The van der Waals surface area contributed by atoms with Crippen LogP contribution in [0.15, 0.2) is 60.7 Å². The van der Waals surface area contributed by atoms with E-state index >= 15 is 0 Å². The number of nitrogens with zero attached hydrogens (tertiary/aromatic N) is 2. The van der Waals surface area contributed by atoms with Gasteiger partial charge in [0.05, 0.1) is 6.61 Å². The quantitative estimate of drug-likeness (QED) is 0.614. The average molecular weight is 421 g/mol. The minimum absolute atomic E-state index is 0.0371. The largest absolute Gasteiger partial charge is 0.491 e. The van der Waals surface area contributed by atoms with E-state index in [1.165, 1.54) is 0 Å². The molecule has 5 nitrogen and oxygen atoms in total. The molecule has 3 aromatic rings. The van der Waals surface area contributed by atoms with E-state index in [0.717, 1.165) is 65.8 Å². The van der Waals surface area contributed by atoms with Gasteiger partial charge in [-0.05, 0) is 66.2 Å². The van der Waals surface area contributed by atoms with Crippen molar-refractivity contribution in [2.75, 3.05) is 46.4 Å². The molecule has 0 aliphatic carbocycles. The van der Waals surface area contributed by atoms with Crippen molar-refractivity contribution < 1.29 is 14.9 Å². The molecule has 0 radical (unpaired) electrons. The average Bonchev–Trinajstić information content (AvgIpc) is 3.01. The lowest BCUT2D eigenvalue weighted by atomic mass is 9.97. The fraction of sp³-hybridized carbons (Fsp3) is 0.385. The van der Waals surface area contributed by atoms with Crippen molar-refractivity contribution in [3.8, 4) is 16.9 Å². The predicted molar refractivity (Wildman–Crippen MR) is 125 cm³/mol. The molecule has 5 heteroatoms. The summed E-state index contributed by atoms with van der Waals surface area (Å²) < 4.78 is 6.05. The van der Waals surface area contributed by atoms with E-state index in [2.05, 4.69) is 29.0 Å². The maximum absolute atomic E-state index is 10.6. The molecular formula is C26H32N2O3. The molecule has 1 saturated heterocycles. The van der Waals surface area contributed by atoms with Crippen LogP contribution in [0.3, 0.4) is 0 Å². The van der Waals surface area contributed by atoms with Crippen molar-refractivity contribution in [3.63, 3.8) is 0 Å². The molecule has 1 unspecified atom stereocenters. The van der Waals surface area contributed by atoms with Gasteiger partial charge in [-0.3, -0.25) is 4.90 Å². The van der Waals surface area contributed by atoms with Crippen molar-refractivity contribution >= 4 is 10.8 Å². The third-order valence-electron chi connectivity index (χ3n) is 6.01. The molecule has 0 saturated carbocycles. The minimum Gasteiger partial charge on any atom is -0.491 e. The lowest BCUT2D eigenvalue weighted by molar-refractivity contribution is 0.0697. The van der Waals surface area contributed by atoms with Crippen LogP contribution in [0.5, 0.6) is 5.75 Å². The van der Waals surface area contributed by atoms with Gasteiger partial charge in [0, 0.05) is 19.6 Å². The fourth-order valence-corrected chi connectivity index (χ4v) is 4.22. The highest BCUT2D eigenvalue weighted by Gasteiger charge is 2.16. The molecule has 1 aliphatic heterocycles. The zero-order valence-electron chi connectivity index (χ0n) is 18.2. The minimum atomic E-state index is -0.526. The first kappa shape index (κ1) is 21.8. The van der Waals surface area contributed by atoms with Crippen LogP contribution < -0.4 is 4.74 Å². The molecular weight excluding hydrogens is 388 g/mol. The second kappa shape index (κ2) is 10.2. The van der Waals surface area contributed by atoms with E-state index in [-0.39, 0.29) is 13.2 Å². The van der Waals surface area contributed by atoms with Gasteiger partial charge in [-0.15, -0.1) is 0 Å². The number of hydrogen-bond donors (Lipinski definition) is 2. The van der Waals surface area contributed by atoms with Crippen LogP contribution in [0, 0.1) is 0 Å². The third kappa shape index (κ3) is 5.63. The van der Waals surface area contributed by atoms with E-state index in [9.17, 15) is 10.2 Å². The molecule has 1 heterocycles. The second-order valence-electron chi connectivity index (χ2n) is 8.47. The Morgan fingerprint density at radius 1 is 0.968 bits per heavy atom. The van der Waals surface area contributed by atoms with Crippen LogP contribution in [0.1, 0.15) is 12.0 Å². The maximum Gasteiger partial charge on any atom is 0.120 e. The number of fused-ring (bicyclic) bond motifs is 1. The van der Waals surface area contributed by atoms with Crippen molar-refractivity contribution in [1.82, 2.24) is 9.80 Å². The second-order valence-corrected chi connectivity index (χ2v) is 8.47. The molecule has 164 valence electrons. The first-order valence-corrected chi connectivity index (χ1v) is 11.1. The van der Waals surface area contributed by atoms with E-state index < -0.39 is 6.10 Å². The number of likely N-dealkylation sites (N-methyl/N-ethyl adjacent to an activating group) is 1. The molecule has 0 spiro atoms. The van der Waals surface area contributed by atoms with E-state index in [4.69, 9.17) is 4.74 Å². The molecule has 0 bridgehead atoms. The van der Waals surface area contributed by atoms with Crippen molar-refractivity contribution in [2.24, 2.45) is 0 Å². The van der Waals surface area contributed by atoms with E-state index in [1.807, 2.05) is 48.5 Å². The van der Waals surface area contributed by atoms with E-state index in [1.54, 1.807) is 0 Å². The van der Waals surface area contributed by atoms with Crippen molar-refractivity contribution in [2.45, 2.75) is 19.1 Å². The van der Waals surface area contributed by atoms with Gasteiger partial charge in [-0.1, -0.05) is 48.5 Å². The van der Waals surface area contributed by atoms with Gasteiger partial charge in [0.15, 0.2) is 0 Å². The summed E-state index contributed by atoms with van der Waals surface area (Å²) in [4.78, 5) is 4.67. The molecule has 31 heavy (non-hydrogen) atoms. The molecule has 2 N–H and O–H groups in total. The van der Waals surface area contributed by atoms with Gasteiger partial charge in [-0.2, -0.15) is 0 Å². The monoisotopic (exact) mass is 420 g/mol. The highest BCUT2D eigenvalue weighted by molar-refractivity contribution is 5.97. The van der Waals surface area contributed by atoms with Crippen LogP contribution in [-0.2, 0) is 6.61 Å². The Morgan fingerprint density at radius 2 is 1.77 bits per heavy atom. The molecule has 1 aliphatic rings. The van der Waals surface area contributed by atoms with Gasteiger partial charge in [0.2, 0.25) is 0 Å². The molecule has 1 atom stereocenters. The lowest BCUT2D eigenvalue weighted by Crippen LogP contribution is -2.37. The lowest BCUT2D eigenvalue weighted by Gasteiger charge is -2.23. The Hall–Kier alpha value is -2.44. The summed E-state index contributed by atoms with van der Waals surface area (Å²) in [5, 5.41) is 22.2. The number of aliphatic hydroxyl groups excluding tert-OH is 2. The summed E-state index contributed by atoms with van der Waals surface area (Å²) in [7, 11) is 2.15. The van der Waals surface area contributed by atoms with Crippen LogP contribution in [0.4, 0.5) is 0 Å². The normalized spacial score (nSPS) is 16.9. The topological polar surface area (TPSA) is 56.2 Å². The standard InChI is InChI=1S/C26H32N2O3/c1-27-11-4-12-28(14-13-27)17-23(30)19-31-24-15-22-5-2-3-6-25(22)26(16-24)21-9-7-20(18-29)8-10-21/h2-3,5-10,15-16,23,29-30H,4,11-14,17-19H2,1H3. The maximum atomic E-state index is 10.6.